The maximum Gasteiger partial charge on any atom is 0.315 e. The van der Waals surface area contributed by atoms with Gasteiger partial charge in [-0.2, -0.15) is 0 Å². The van der Waals surface area contributed by atoms with Crippen molar-refractivity contribution in [2.24, 2.45) is 5.92 Å². The normalized spacial score (nSPS) is 19.3. The monoisotopic (exact) mass is 297 g/mol. The van der Waals surface area contributed by atoms with Crippen LogP contribution < -0.4 is 10.6 Å². The van der Waals surface area contributed by atoms with Crippen LogP contribution in [0.3, 0.4) is 0 Å². The van der Waals surface area contributed by atoms with Gasteiger partial charge in [0, 0.05) is 18.6 Å². The van der Waals surface area contributed by atoms with Crippen LogP contribution >= 0.6 is 0 Å². The summed E-state index contributed by atoms with van der Waals surface area (Å²) in [6, 6.07) is 0.452. The third kappa shape index (κ3) is 8.97. The van der Waals surface area contributed by atoms with Gasteiger partial charge in [0.25, 0.3) is 0 Å². The lowest BCUT2D eigenvalue weighted by Crippen LogP contribution is -2.49. The molecule has 1 fully saturated rings. The third-order valence-corrected chi connectivity index (χ3v) is 4.15. The molecule has 21 heavy (non-hydrogen) atoms. The summed E-state index contributed by atoms with van der Waals surface area (Å²) in [5.41, 5.74) is 0. The van der Waals surface area contributed by atoms with Gasteiger partial charge in [0.05, 0.1) is 0 Å². The Morgan fingerprint density at radius 3 is 2.19 bits per heavy atom. The van der Waals surface area contributed by atoms with Gasteiger partial charge in [-0.3, -0.25) is 0 Å². The van der Waals surface area contributed by atoms with Crippen LogP contribution in [0, 0.1) is 5.92 Å². The second-order valence-electron chi connectivity index (χ2n) is 7.11. The molecule has 4 heteroatoms. The second kappa shape index (κ2) is 10.0. The molecule has 0 aromatic carbocycles. The Morgan fingerprint density at radius 2 is 1.57 bits per heavy atom. The van der Waals surface area contributed by atoms with E-state index in [1.165, 1.54) is 45.2 Å². The van der Waals surface area contributed by atoms with E-state index >= 15 is 0 Å². The summed E-state index contributed by atoms with van der Waals surface area (Å²) in [4.78, 5) is 14.4. The first-order valence-electron chi connectivity index (χ1n) is 8.76. The van der Waals surface area contributed by atoms with E-state index in [-0.39, 0.29) is 18.1 Å². The van der Waals surface area contributed by atoms with E-state index in [0.29, 0.717) is 0 Å². The first-order valence-corrected chi connectivity index (χ1v) is 8.76. The van der Waals surface area contributed by atoms with Crippen LogP contribution in [-0.4, -0.2) is 42.6 Å². The van der Waals surface area contributed by atoms with Gasteiger partial charge in [-0.05, 0) is 52.1 Å². The largest absolute Gasteiger partial charge is 0.336 e. The Morgan fingerprint density at radius 1 is 0.952 bits per heavy atom. The number of hydrogen-bond acceptors (Lipinski definition) is 2. The molecular weight excluding hydrogens is 262 g/mol. The molecule has 0 aromatic rings. The molecule has 0 spiro atoms. The van der Waals surface area contributed by atoms with Crippen LogP contribution in [0.15, 0.2) is 0 Å². The summed E-state index contributed by atoms with van der Waals surface area (Å²) in [5, 5.41) is 6.12. The van der Waals surface area contributed by atoms with E-state index in [2.05, 4.69) is 43.2 Å². The number of rotatable bonds is 8. The highest BCUT2D eigenvalue weighted by Gasteiger charge is 2.15. The summed E-state index contributed by atoms with van der Waals surface area (Å²) < 4.78 is 0. The number of nitrogens with one attached hydrogen (secondary N) is 2. The molecule has 1 aliphatic heterocycles. The van der Waals surface area contributed by atoms with Gasteiger partial charge >= 0.3 is 6.03 Å². The third-order valence-electron chi connectivity index (χ3n) is 4.15. The fourth-order valence-electron chi connectivity index (χ4n) is 2.97. The maximum absolute atomic E-state index is 12.0. The van der Waals surface area contributed by atoms with Crippen molar-refractivity contribution < 1.29 is 4.79 Å². The van der Waals surface area contributed by atoms with Crippen LogP contribution in [-0.2, 0) is 0 Å². The summed E-state index contributed by atoms with van der Waals surface area (Å²) in [5.74, 6) is 0.746. The Balaban J connectivity index is 2.13. The topological polar surface area (TPSA) is 44.4 Å². The molecule has 124 valence electrons. The van der Waals surface area contributed by atoms with Crippen LogP contribution in [0.2, 0.25) is 0 Å². The zero-order valence-corrected chi connectivity index (χ0v) is 14.5. The fraction of sp³-hybridized carbons (Fsp3) is 0.941. The number of likely N-dealkylation sites (tertiary alicyclic amines) is 1. The van der Waals surface area contributed by atoms with Crippen molar-refractivity contribution in [3.8, 4) is 0 Å². The Hall–Kier alpha value is -0.770. The Bertz CT molecular complexity index is 288. The second-order valence-corrected chi connectivity index (χ2v) is 7.11. The molecule has 0 radical (unpaired) electrons. The maximum atomic E-state index is 12.0. The van der Waals surface area contributed by atoms with Gasteiger partial charge in [0.15, 0.2) is 0 Å². The lowest BCUT2D eigenvalue weighted by molar-refractivity contribution is 0.201. The first kappa shape index (κ1) is 18.3. The highest BCUT2D eigenvalue weighted by Crippen LogP contribution is 2.09. The molecule has 0 aromatic heterocycles. The summed E-state index contributed by atoms with van der Waals surface area (Å²) in [6.07, 6.45) is 7.43. The predicted octanol–water partition coefficient (Wildman–Crippen LogP) is 3.37. The molecule has 2 unspecified atom stereocenters. The SMILES string of the molecule is CC(C)CCCC(C)NC(=O)NC(C)CN1CCCCC1. The number of carbonyl (C=O) groups is 1. The number of piperidine rings is 1. The zero-order chi connectivity index (χ0) is 15.7. The smallest absolute Gasteiger partial charge is 0.315 e. The van der Waals surface area contributed by atoms with Crippen LogP contribution in [0.5, 0.6) is 0 Å². The lowest BCUT2D eigenvalue weighted by atomic mass is 10.0. The lowest BCUT2D eigenvalue weighted by Gasteiger charge is -2.29. The number of amides is 2. The van der Waals surface area contributed by atoms with Gasteiger partial charge in [-0.15, -0.1) is 0 Å². The molecule has 4 nitrogen and oxygen atoms in total. The summed E-state index contributed by atoms with van der Waals surface area (Å²) >= 11 is 0. The van der Waals surface area contributed by atoms with Crippen molar-refractivity contribution in [1.82, 2.24) is 15.5 Å². The first-order chi connectivity index (χ1) is 9.97. The van der Waals surface area contributed by atoms with E-state index in [9.17, 15) is 4.79 Å². The average molecular weight is 297 g/mol. The minimum absolute atomic E-state index is 0.0171. The number of nitrogens with zero attached hydrogens (tertiary/aromatic N) is 1. The molecule has 1 aliphatic rings. The molecular formula is C17H35N3O. The molecule has 2 amide bonds. The molecule has 2 N–H and O–H groups in total. The molecule has 0 saturated carbocycles. The number of carbonyl (C=O) groups excluding carboxylic acids is 1. The van der Waals surface area contributed by atoms with Gasteiger partial charge < -0.3 is 15.5 Å². The highest BCUT2D eigenvalue weighted by molar-refractivity contribution is 5.74. The Labute approximate surface area is 131 Å². The predicted molar refractivity (Wildman–Crippen MR) is 89.6 cm³/mol. The van der Waals surface area contributed by atoms with Crippen molar-refractivity contribution in [2.75, 3.05) is 19.6 Å². The van der Waals surface area contributed by atoms with E-state index in [1.807, 2.05) is 0 Å². The molecule has 1 rings (SSSR count). The van der Waals surface area contributed by atoms with E-state index < -0.39 is 0 Å². The molecule has 0 aliphatic carbocycles. The van der Waals surface area contributed by atoms with E-state index in [4.69, 9.17) is 0 Å². The minimum Gasteiger partial charge on any atom is -0.336 e. The van der Waals surface area contributed by atoms with Crippen molar-refractivity contribution in [3.63, 3.8) is 0 Å². The Kier molecular flexibility index (Phi) is 8.74. The van der Waals surface area contributed by atoms with E-state index in [0.717, 1.165) is 18.9 Å². The van der Waals surface area contributed by atoms with Crippen molar-refractivity contribution in [2.45, 2.75) is 78.3 Å². The quantitative estimate of drug-likeness (QED) is 0.721. The molecule has 1 heterocycles. The highest BCUT2D eigenvalue weighted by atomic mass is 16.2. The average Bonchev–Trinajstić information content (AvgIpc) is 2.38. The zero-order valence-electron chi connectivity index (χ0n) is 14.5. The molecule has 0 bridgehead atoms. The standard InChI is InChI=1S/C17H35N3O/c1-14(2)9-8-10-15(3)18-17(21)19-16(4)13-20-11-6-5-7-12-20/h14-16H,5-13H2,1-4H3,(H2,18,19,21). The van der Waals surface area contributed by atoms with Crippen molar-refractivity contribution in [3.05, 3.63) is 0 Å². The summed E-state index contributed by atoms with van der Waals surface area (Å²) in [7, 11) is 0. The van der Waals surface area contributed by atoms with Crippen molar-refractivity contribution >= 4 is 6.03 Å². The van der Waals surface area contributed by atoms with Crippen LogP contribution in [0.1, 0.15) is 66.2 Å². The van der Waals surface area contributed by atoms with E-state index in [1.54, 1.807) is 0 Å². The minimum atomic E-state index is -0.0171. The molecule has 2 atom stereocenters. The number of urea groups is 1. The van der Waals surface area contributed by atoms with Crippen LogP contribution in [0.25, 0.3) is 0 Å². The van der Waals surface area contributed by atoms with Crippen molar-refractivity contribution in [1.29, 1.82) is 0 Å². The van der Waals surface area contributed by atoms with Gasteiger partial charge in [0.1, 0.15) is 0 Å². The number of hydrogen-bond donors (Lipinski definition) is 2. The van der Waals surface area contributed by atoms with Crippen LogP contribution in [0.4, 0.5) is 4.79 Å². The summed E-state index contributed by atoms with van der Waals surface area (Å²) in [6.45, 7) is 12.0. The fourth-order valence-corrected chi connectivity index (χ4v) is 2.97. The van der Waals surface area contributed by atoms with Gasteiger partial charge in [0.2, 0.25) is 0 Å². The van der Waals surface area contributed by atoms with Gasteiger partial charge in [-0.25, -0.2) is 4.79 Å². The van der Waals surface area contributed by atoms with Gasteiger partial charge in [-0.1, -0.05) is 33.1 Å². The molecule has 1 saturated heterocycles.